The molecule has 0 radical (unpaired) electrons. The lowest BCUT2D eigenvalue weighted by Gasteiger charge is -2.55. The Labute approximate surface area is 89.3 Å². The Morgan fingerprint density at radius 3 is 2.21 bits per heavy atom. The topological polar surface area (TPSA) is 6.48 Å². The molecule has 1 unspecified atom stereocenters. The number of likely N-dealkylation sites (N-methyl/N-ethyl adjacent to an activating group) is 2. The van der Waals surface area contributed by atoms with Crippen LogP contribution in [0.1, 0.15) is 34.6 Å². The Kier molecular flexibility index (Phi) is 3.27. The van der Waals surface area contributed by atoms with Crippen LogP contribution in [0.3, 0.4) is 0 Å². The van der Waals surface area contributed by atoms with Gasteiger partial charge in [0, 0.05) is 25.2 Å². The summed E-state index contributed by atoms with van der Waals surface area (Å²) in [6, 6.07) is 0. The zero-order valence-electron chi connectivity index (χ0n) is 10.7. The fourth-order valence-electron chi connectivity index (χ4n) is 2.46. The Morgan fingerprint density at radius 2 is 1.79 bits per heavy atom. The third kappa shape index (κ3) is 1.96. The van der Waals surface area contributed by atoms with E-state index in [1.54, 1.807) is 0 Å². The summed E-state index contributed by atoms with van der Waals surface area (Å²) in [6.45, 7) is 16.5. The molecule has 0 aromatic rings. The van der Waals surface area contributed by atoms with E-state index in [0.717, 1.165) is 0 Å². The molecule has 2 heteroatoms. The molecular formula is C12H26N2. The number of nitrogens with zero attached hydrogens (tertiary/aromatic N) is 2. The smallest absolute Gasteiger partial charge is 0.0356 e. The summed E-state index contributed by atoms with van der Waals surface area (Å²) >= 11 is 0. The molecule has 1 fully saturated rings. The first-order valence-corrected chi connectivity index (χ1v) is 5.75. The second-order valence-corrected chi connectivity index (χ2v) is 5.84. The van der Waals surface area contributed by atoms with Crippen LogP contribution in [0.15, 0.2) is 0 Å². The van der Waals surface area contributed by atoms with Crippen LogP contribution in [0, 0.1) is 5.41 Å². The van der Waals surface area contributed by atoms with Gasteiger partial charge in [0.15, 0.2) is 0 Å². The van der Waals surface area contributed by atoms with Crippen LogP contribution in [-0.2, 0) is 0 Å². The highest BCUT2D eigenvalue weighted by atomic mass is 15.3. The van der Waals surface area contributed by atoms with Crippen molar-refractivity contribution in [1.29, 1.82) is 0 Å². The molecule has 1 atom stereocenters. The fraction of sp³-hybridized carbons (Fsp3) is 1.00. The molecule has 1 aliphatic rings. The molecule has 0 aliphatic carbocycles. The number of hydrogen-bond acceptors (Lipinski definition) is 2. The minimum Gasteiger partial charge on any atom is -0.303 e. The molecule has 0 aromatic carbocycles. The van der Waals surface area contributed by atoms with Crippen molar-refractivity contribution in [2.45, 2.75) is 40.2 Å². The molecule has 1 rings (SSSR count). The molecule has 0 bridgehead atoms. The average molecular weight is 198 g/mol. The standard InChI is InChI=1S/C12H26N2/c1-7-14-9-8-13(6)10-12(14,5)11(2,3)4/h7-10H2,1-6H3. The lowest BCUT2D eigenvalue weighted by molar-refractivity contribution is -0.0479. The highest BCUT2D eigenvalue weighted by molar-refractivity contribution is 5.00. The van der Waals surface area contributed by atoms with Crippen molar-refractivity contribution < 1.29 is 0 Å². The van der Waals surface area contributed by atoms with Gasteiger partial charge in [-0.2, -0.15) is 0 Å². The quantitative estimate of drug-likeness (QED) is 0.636. The van der Waals surface area contributed by atoms with Gasteiger partial charge in [-0.15, -0.1) is 0 Å². The van der Waals surface area contributed by atoms with Gasteiger partial charge in [-0.3, -0.25) is 4.90 Å². The van der Waals surface area contributed by atoms with Gasteiger partial charge in [0.1, 0.15) is 0 Å². The molecule has 84 valence electrons. The van der Waals surface area contributed by atoms with Gasteiger partial charge in [-0.25, -0.2) is 0 Å². The average Bonchev–Trinajstić information content (AvgIpc) is 2.02. The molecule has 0 spiro atoms. The van der Waals surface area contributed by atoms with Crippen molar-refractivity contribution in [3.8, 4) is 0 Å². The summed E-state index contributed by atoms with van der Waals surface area (Å²) in [5, 5.41) is 0. The highest BCUT2D eigenvalue weighted by Crippen LogP contribution is 2.37. The summed E-state index contributed by atoms with van der Waals surface area (Å²) in [7, 11) is 2.23. The van der Waals surface area contributed by atoms with Crippen LogP contribution in [0.2, 0.25) is 0 Å². The molecule has 0 amide bonds. The minimum atomic E-state index is 0.314. The third-order valence-electron chi connectivity index (χ3n) is 4.02. The van der Waals surface area contributed by atoms with Crippen LogP contribution >= 0.6 is 0 Å². The molecule has 1 saturated heterocycles. The maximum atomic E-state index is 2.63. The summed E-state index contributed by atoms with van der Waals surface area (Å²) in [5.74, 6) is 0. The summed E-state index contributed by atoms with van der Waals surface area (Å²) < 4.78 is 0. The number of rotatable bonds is 1. The monoisotopic (exact) mass is 198 g/mol. The predicted molar refractivity (Wildman–Crippen MR) is 62.6 cm³/mol. The zero-order chi connectivity index (χ0) is 11.0. The SMILES string of the molecule is CCN1CCN(C)CC1(C)C(C)(C)C. The van der Waals surface area contributed by atoms with E-state index in [-0.39, 0.29) is 0 Å². The number of hydrogen-bond donors (Lipinski definition) is 0. The first kappa shape index (κ1) is 12.0. The van der Waals surface area contributed by atoms with E-state index in [0.29, 0.717) is 11.0 Å². The minimum absolute atomic E-state index is 0.314. The van der Waals surface area contributed by atoms with Gasteiger partial charge < -0.3 is 4.90 Å². The van der Waals surface area contributed by atoms with Gasteiger partial charge in [-0.1, -0.05) is 27.7 Å². The fourth-order valence-corrected chi connectivity index (χ4v) is 2.46. The highest BCUT2D eigenvalue weighted by Gasteiger charge is 2.44. The summed E-state index contributed by atoms with van der Waals surface area (Å²) in [6.07, 6.45) is 0. The largest absolute Gasteiger partial charge is 0.303 e. The van der Waals surface area contributed by atoms with E-state index in [1.807, 2.05) is 0 Å². The number of piperazine rings is 1. The van der Waals surface area contributed by atoms with E-state index in [2.05, 4.69) is 51.5 Å². The normalized spacial score (nSPS) is 32.1. The van der Waals surface area contributed by atoms with Gasteiger partial charge >= 0.3 is 0 Å². The van der Waals surface area contributed by atoms with Crippen LogP contribution < -0.4 is 0 Å². The van der Waals surface area contributed by atoms with Crippen molar-refractivity contribution >= 4 is 0 Å². The van der Waals surface area contributed by atoms with Crippen molar-refractivity contribution in [2.24, 2.45) is 5.41 Å². The second-order valence-electron chi connectivity index (χ2n) is 5.84. The van der Waals surface area contributed by atoms with E-state index in [9.17, 15) is 0 Å². The van der Waals surface area contributed by atoms with Crippen LogP contribution in [0.4, 0.5) is 0 Å². The molecular weight excluding hydrogens is 172 g/mol. The maximum Gasteiger partial charge on any atom is 0.0356 e. The summed E-state index contributed by atoms with van der Waals surface area (Å²) in [5.41, 5.74) is 0.659. The Hall–Kier alpha value is -0.0800. The predicted octanol–water partition coefficient (Wildman–Crippen LogP) is 2.06. The molecule has 2 nitrogen and oxygen atoms in total. The summed E-state index contributed by atoms with van der Waals surface area (Å²) in [4.78, 5) is 5.09. The Morgan fingerprint density at radius 1 is 1.21 bits per heavy atom. The first-order valence-electron chi connectivity index (χ1n) is 5.75. The van der Waals surface area contributed by atoms with Crippen LogP contribution in [0.5, 0.6) is 0 Å². The van der Waals surface area contributed by atoms with Gasteiger partial charge in [0.2, 0.25) is 0 Å². The van der Waals surface area contributed by atoms with Gasteiger partial charge in [0.25, 0.3) is 0 Å². The Bertz CT molecular complexity index is 195. The van der Waals surface area contributed by atoms with Crippen molar-refractivity contribution in [3.63, 3.8) is 0 Å². The van der Waals surface area contributed by atoms with Gasteiger partial charge in [-0.05, 0) is 25.9 Å². The molecule has 0 aromatic heterocycles. The van der Waals surface area contributed by atoms with Crippen LogP contribution in [-0.4, -0.2) is 48.6 Å². The lowest BCUT2D eigenvalue weighted by Crippen LogP contribution is -2.65. The van der Waals surface area contributed by atoms with Crippen molar-refractivity contribution in [1.82, 2.24) is 9.80 Å². The molecule has 0 N–H and O–H groups in total. The second kappa shape index (κ2) is 3.82. The van der Waals surface area contributed by atoms with Crippen molar-refractivity contribution in [2.75, 3.05) is 33.2 Å². The first-order chi connectivity index (χ1) is 6.31. The Balaban J connectivity index is 2.89. The van der Waals surface area contributed by atoms with Crippen LogP contribution in [0.25, 0.3) is 0 Å². The van der Waals surface area contributed by atoms with Crippen molar-refractivity contribution in [3.05, 3.63) is 0 Å². The van der Waals surface area contributed by atoms with E-state index < -0.39 is 0 Å². The molecule has 0 saturated carbocycles. The lowest BCUT2D eigenvalue weighted by atomic mass is 9.72. The zero-order valence-corrected chi connectivity index (χ0v) is 10.7. The molecule has 14 heavy (non-hydrogen) atoms. The maximum absolute atomic E-state index is 2.63. The van der Waals surface area contributed by atoms with E-state index in [4.69, 9.17) is 0 Å². The third-order valence-corrected chi connectivity index (χ3v) is 4.02. The molecule has 1 aliphatic heterocycles. The molecule has 1 heterocycles. The van der Waals surface area contributed by atoms with E-state index in [1.165, 1.54) is 26.2 Å². The van der Waals surface area contributed by atoms with E-state index >= 15 is 0 Å². The van der Waals surface area contributed by atoms with Gasteiger partial charge in [0.05, 0.1) is 0 Å².